The van der Waals surface area contributed by atoms with Gasteiger partial charge in [-0.15, -0.1) is 0 Å². The zero-order valence-electron chi connectivity index (χ0n) is 16.5. The maximum Gasteiger partial charge on any atom is 0.223 e. The molecule has 1 amide bonds. The maximum absolute atomic E-state index is 13.2. The molecular formula is C24H22FN3O2. The SMILES string of the molecule is O=C(CCCc1ccc(F)cc1)N1CCc2[nH]cnc2[C@@H]1c1cc2ccccc2o1. The smallest absolute Gasteiger partial charge is 0.223 e. The molecule has 0 saturated carbocycles. The Kier molecular flexibility index (Phi) is 4.83. The first-order valence-corrected chi connectivity index (χ1v) is 10.2. The predicted octanol–water partition coefficient (Wildman–Crippen LogP) is 4.79. The molecule has 1 aliphatic heterocycles. The number of hydrogen-bond acceptors (Lipinski definition) is 3. The van der Waals surface area contributed by atoms with E-state index < -0.39 is 0 Å². The number of nitrogens with zero attached hydrogens (tertiary/aromatic N) is 2. The fourth-order valence-corrected chi connectivity index (χ4v) is 4.21. The Morgan fingerprint density at radius 3 is 2.87 bits per heavy atom. The number of benzene rings is 2. The van der Waals surface area contributed by atoms with Crippen LogP contribution in [0.4, 0.5) is 4.39 Å². The van der Waals surface area contributed by atoms with Crippen LogP contribution in [0.25, 0.3) is 11.0 Å². The Labute approximate surface area is 173 Å². The molecule has 1 atom stereocenters. The number of imidazole rings is 1. The predicted molar refractivity (Wildman–Crippen MR) is 111 cm³/mol. The number of rotatable bonds is 5. The second kappa shape index (κ2) is 7.78. The number of carbonyl (C=O) groups is 1. The van der Waals surface area contributed by atoms with E-state index in [1.807, 2.05) is 35.2 Å². The van der Waals surface area contributed by atoms with Crippen molar-refractivity contribution < 1.29 is 13.6 Å². The van der Waals surface area contributed by atoms with Gasteiger partial charge in [0.2, 0.25) is 5.91 Å². The van der Waals surface area contributed by atoms with Crippen LogP contribution < -0.4 is 0 Å². The molecule has 152 valence electrons. The number of aryl methyl sites for hydroxylation is 1. The molecule has 0 unspecified atom stereocenters. The average Bonchev–Trinajstić information content (AvgIpc) is 3.41. The minimum absolute atomic E-state index is 0.0798. The highest BCUT2D eigenvalue weighted by molar-refractivity contribution is 5.80. The van der Waals surface area contributed by atoms with E-state index >= 15 is 0 Å². The lowest BCUT2D eigenvalue weighted by atomic mass is 9.99. The molecule has 1 N–H and O–H groups in total. The number of hydrogen-bond donors (Lipinski definition) is 1. The second-order valence-corrected chi connectivity index (χ2v) is 7.67. The largest absolute Gasteiger partial charge is 0.458 e. The molecule has 0 spiro atoms. The second-order valence-electron chi connectivity index (χ2n) is 7.67. The first-order chi connectivity index (χ1) is 14.7. The highest BCUT2D eigenvalue weighted by Gasteiger charge is 2.35. The number of furan rings is 1. The molecule has 0 saturated heterocycles. The summed E-state index contributed by atoms with van der Waals surface area (Å²) in [6.45, 7) is 0.617. The topological polar surface area (TPSA) is 62.1 Å². The molecule has 1 aliphatic rings. The van der Waals surface area contributed by atoms with Gasteiger partial charge in [-0.25, -0.2) is 9.37 Å². The maximum atomic E-state index is 13.2. The summed E-state index contributed by atoms with van der Waals surface area (Å²) in [7, 11) is 0. The van der Waals surface area contributed by atoms with Crippen molar-refractivity contribution in [3.05, 3.63) is 89.5 Å². The summed E-state index contributed by atoms with van der Waals surface area (Å²) in [6, 6.07) is 16.0. The molecule has 0 fully saturated rings. The van der Waals surface area contributed by atoms with Gasteiger partial charge in [0.1, 0.15) is 23.2 Å². The van der Waals surface area contributed by atoms with Crippen LogP contribution in [0.1, 0.15) is 41.6 Å². The first-order valence-electron chi connectivity index (χ1n) is 10.2. The summed E-state index contributed by atoms with van der Waals surface area (Å²) < 4.78 is 19.2. The molecule has 5 nitrogen and oxygen atoms in total. The number of fused-ring (bicyclic) bond motifs is 2. The minimum Gasteiger partial charge on any atom is -0.458 e. The summed E-state index contributed by atoms with van der Waals surface area (Å²) in [5.74, 6) is 0.568. The summed E-state index contributed by atoms with van der Waals surface area (Å²) in [6.07, 6.45) is 4.30. The van der Waals surface area contributed by atoms with Gasteiger partial charge in [0.05, 0.1) is 12.0 Å². The lowest BCUT2D eigenvalue weighted by molar-refractivity contribution is -0.133. The van der Waals surface area contributed by atoms with E-state index in [1.54, 1.807) is 18.5 Å². The molecule has 0 bridgehead atoms. The van der Waals surface area contributed by atoms with Gasteiger partial charge in [-0.3, -0.25) is 4.79 Å². The number of aromatic amines is 1. The molecule has 30 heavy (non-hydrogen) atoms. The Morgan fingerprint density at radius 1 is 1.20 bits per heavy atom. The Morgan fingerprint density at radius 2 is 2.03 bits per heavy atom. The zero-order valence-corrected chi connectivity index (χ0v) is 16.5. The molecule has 0 aliphatic carbocycles. The van der Waals surface area contributed by atoms with E-state index in [4.69, 9.17) is 4.42 Å². The number of nitrogens with one attached hydrogen (secondary N) is 1. The van der Waals surface area contributed by atoms with Crippen LogP contribution in [-0.2, 0) is 17.6 Å². The molecule has 0 radical (unpaired) electrons. The Balaban J connectivity index is 1.37. The minimum atomic E-state index is -0.328. The summed E-state index contributed by atoms with van der Waals surface area (Å²) in [5.41, 5.74) is 3.74. The number of H-pyrrole nitrogens is 1. The summed E-state index contributed by atoms with van der Waals surface area (Å²) >= 11 is 0. The van der Waals surface area contributed by atoms with Gasteiger partial charge in [-0.05, 0) is 42.7 Å². The molecule has 3 heterocycles. The van der Waals surface area contributed by atoms with Crippen LogP contribution in [0.5, 0.6) is 0 Å². The molecule has 4 aromatic rings. The third kappa shape index (κ3) is 3.49. The Bertz CT molecular complexity index is 1150. The molecular weight excluding hydrogens is 381 g/mol. The van der Waals surface area contributed by atoms with E-state index in [9.17, 15) is 9.18 Å². The number of para-hydroxylation sites is 1. The summed E-state index contributed by atoms with van der Waals surface area (Å²) in [4.78, 5) is 22.7. The molecule has 5 rings (SSSR count). The van der Waals surface area contributed by atoms with E-state index in [0.29, 0.717) is 19.4 Å². The van der Waals surface area contributed by atoms with Crippen molar-refractivity contribution in [3.63, 3.8) is 0 Å². The van der Waals surface area contributed by atoms with Gasteiger partial charge in [-0.2, -0.15) is 0 Å². The van der Waals surface area contributed by atoms with E-state index in [0.717, 1.165) is 46.5 Å². The van der Waals surface area contributed by atoms with E-state index in [1.165, 1.54) is 12.1 Å². The quantitative estimate of drug-likeness (QED) is 0.521. The van der Waals surface area contributed by atoms with Crippen molar-refractivity contribution in [1.29, 1.82) is 0 Å². The van der Waals surface area contributed by atoms with Gasteiger partial charge in [0.25, 0.3) is 0 Å². The summed E-state index contributed by atoms with van der Waals surface area (Å²) in [5, 5.41) is 1.01. The van der Waals surface area contributed by atoms with Gasteiger partial charge >= 0.3 is 0 Å². The fourth-order valence-electron chi connectivity index (χ4n) is 4.21. The van der Waals surface area contributed by atoms with Crippen molar-refractivity contribution >= 4 is 16.9 Å². The van der Waals surface area contributed by atoms with Crippen LogP contribution in [0, 0.1) is 5.82 Å². The highest BCUT2D eigenvalue weighted by Crippen LogP contribution is 2.36. The average molecular weight is 403 g/mol. The monoisotopic (exact) mass is 403 g/mol. The van der Waals surface area contributed by atoms with Gasteiger partial charge in [0, 0.05) is 30.5 Å². The number of halogens is 1. The first kappa shape index (κ1) is 18.6. The van der Waals surface area contributed by atoms with Gasteiger partial charge in [-0.1, -0.05) is 30.3 Å². The van der Waals surface area contributed by atoms with Crippen LogP contribution in [0.3, 0.4) is 0 Å². The molecule has 2 aromatic carbocycles. The van der Waals surface area contributed by atoms with Crippen molar-refractivity contribution in [1.82, 2.24) is 14.9 Å². The third-order valence-electron chi connectivity index (χ3n) is 5.73. The van der Waals surface area contributed by atoms with Crippen LogP contribution >= 0.6 is 0 Å². The van der Waals surface area contributed by atoms with E-state index in [-0.39, 0.29) is 17.8 Å². The highest BCUT2D eigenvalue weighted by atomic mass is 19.1. The number of carbonyl (C=O) groups excluding carboxylic acids is 1. The molecule has 2 aromatic heterocycles. The fraction of sp³-hybridized carbons (Fsp3) is 0.250. The van der Waals surface area contributed by atoms with Gasteiger partial charge in [0.15, 0.2) is 0 Å². The van der Waals surface area contributed by atoms with E-state index in [2.05, 4.69) is 9.97 Å². The molecule has 6 heteroatoms. The van der Waals surface area contributed by atoms with Crippen molar-refractivity contribution in [2.45, 2.75) is 31.7 Å². The van der Waals surface area contributed by atoms with Crippen molar-refractivity contribution in [2.24, 2.45) is 0 Å². The lowest BCUT2D eigenvalue weighted by Gasteiger charge is -2.33. The van der Waals surface area contributed by atoms with Crippen LogP contribution in [0.15, 0.2) is 65.3 Å². The van der Waals surface area contributed by atoms with Crippen molar-refractivity contribution in [3.8, 4) is 0 Å². The van der Waals surface area contributed by atoms with Crippen LogP contribution in [-0.4, -0.2) is 27.3 Å². The standard InChI is InChI=1S/C24H22FN3O2/c25-18-10-8-16(9-11-18)4-3-7-22(29)28-13-12-19-23(27-15-26-19)24(28)21-14-17-5-1-2-6-20(17)30-21/h1-2,5-6,8-11,14-15,24H,3-4,7,12-13H2,(H,26,27)/t24-/m0/s1. The third-order valence-corrected chi connectivity index (χ3v) is 5.73. The number of amides is 1. The van der Waals surface area contributed by atoms with Crippen LogP contribution in [0.2, 0.25) is 0 Å². The number of aromatic nitrogens is 2. The van der Waals surface area contributed by atoms with Gasteiger partial charge < -0.3 is 14.3 Å². The normalized spacial score (nSPS) is 16.0. The zero-order chi connectivity index (χ0) is 20.5. The Hall–Kier alpha value is -3.41. The van der Waals surface area contributed by atoms with Crippen molar-refractivity contribution in [2.75, 3.05) is 6.54 Å². The lowest BCUT2D eigenvalue weighted by Crippen LogP contribution is -2.40.